The van der Waals surface area contributed by atoms with Crippen molar-refractivity contribution < 1.29 is 4.79 Å². The van der Waals surface area contributed by atoms with Gasteiger partial charge in [0.15, 0.2) is 0 Å². The maximum Gasteiger partial charge on any atom is 0.263 e. The van der Waals surface area contributed by atoms with Crippen LogP contribution in [0.3, 0.4) is 0 Å². The lowest BCUT2D eigenvalue weighted by atomic mass is 10.1. The quantitative estimate of drug-likeness (QED) is 0.508. The molecule has 0 spiro atoms. The highest BCUT2D eigenvalue weighted by atomic mass is 32.2. The molecule has 1 saturated heterocycles. The highest BCUT2D eigenvalue weighted by Gasteiger charge is 2.21. The van der Waals surface area contributed by atoms with Crippen molar-refractivity contribution in [3.05, 3.63) is 47.1 Å². The van der Waals surface area contributed by atoms with Gasteiger partial charge in [0.05, 0.1) is 23.0 Å². The Labute approximate surface area is 174 Å². The second-order valence-electron chi connectivity index (χ2n) is 6.22. The average Bonchev–Trinajstić information content (AvgIpc) is 3.02. The SMILES string of the molecule is CCN(CC)CCNc1cncc(-c2cccc(C=C3SC(=S)NC3=O)c2)n1. The standard InChI is InChI=1S/C20H23N5OS2/c1-3-25(4-2)9-8-22-18-13-21-12-16(23-18)15-7-5-6-14(10-15)11-17-19(26)24-20(27)28-17/h5-7,10-13H,3-4,8-9H2,1-2H3,(H,22,23)(H,24,26,27). The van der Waals surface area contributed by atoms with Crippen LogP contribution >= 0.6 is 24.0 Å². The van der Waals surface area contributed by atoms with Gasteiger partial charge in [0.1, 0.15) is 10.1 Å². The highest BCUT2D eigenvalue weighted by molar-refractivity contribution is 8.26. The molecule has 1 aliphatic heterocycles. The number of hydrogen-bond acceptors (Lipinski definition) is 7. The van der Waals surface area contributed by atoms with Crippen LogP contribution in [0.15, 0.2) is 41.6 Å². The number of thiocarbonyl (C=S) groups is 1. The smallest absolute Gasteiger partial charge is 0.263 e. The number of carbonyl (C=O) groups is 1. The summed E-state index contributed by atoms with van der Waals surface area (Å²) in [6.07, 6.45) is 5.31. The Kier molecular flexibility index (Phi) is 7.13. The molecule has 28 heavy (non-hydrogen) atoms. The van der Waals surface area contributed by atoms with E-state index < -0.39 is 0 Å². The molecule has 3 rings (SSSR count). The number of aromatic nitrogens is 2. The van der Waals surface area contributed by atoms with Gasteiger partial charge in [-0.1, -0.05) is 56.0 Å². The molecule has 1 amide bonds. The van der Waals surface area contributed by atoms with E-state index in [1.807, 2.05) is 30.3 Å². The van der Waals surface area contributed by atoms with Gasteiger partial charge in [-0.3, -0.25) is 9.78 Å². The van der Waals surface area contributed by atoms with Gasteiger partial charge in [-0.2, -0.15) is 0 Å². The summed E-state index contributed by atoms with van der Waals surface area (Å²) in [5.74, 6) is 0.601. The van der Waals surface area contributed by atoms with Gasteiger partial charge in [0, 0.05) is 18.7 Å². The Morgan fingerprint density at radius 3 is 2.82 bits per heavy atom. The topological polar surface area (TPSA) is 70.2 Å². The van der Waals surface area contributed by atoms with E-state index in [0.717, 1.165) is 48.8 Å². The monoisotopic (exact) mass is 413 g/mol. The molecule has 1 aliphatic rings. The van der Waals surface area contributed by atoms with E-state index in [0.29, 0.717) is 9.23 Å². The van der Waals surface area contributed by atoms with Crippen molar-refractivity contribution in [3.63, 3.8) is 0 Å². The summed E-state index contributed by atoms with van der Waals surface area (Å²) in [5.41, 5.74) is 2.65. The second kappa shape index (κ2) is 9.77. The number of amides is 1. The lowest BCUT2D eigenvalue weighted by Crippen LogP contribution is -2.28. The van der Waals surface area contributed by atoms with Crippen LogP contribution in [0, 0.1) is 0 Å². The largest absolute Gasteiger partial charge is 0.367 e. The minimum atomic E-state index is -0.153. The minimum Gasteiger partial charge on any atom is -0.367 e. The molecule has 146 valence electrons. The molecule has 0 atom stereocenters. The van der Waals surface area contributed by atoms with Crippen molar-refractivity contribution >= 4 is 46.1 Å². The molecule has 6 nitrogen and oxygen atoms in total. The molecule has 0 radical (unpaired) electrons. The molecular weight excluding hydrogens is 390 g/mol. The lowest BCUT2D eigenvalue weighted by molar-refractivity contribution is -0.115. The van der Waals surface area contributed by atoms with E-state index in [-0.39, 0.29) is 5.91 Å². The zero-order valence-corrected chi connectivity index (χ0v) is 17.6. The predicted octanol–water partition coefficient (Wildman–Crippen LogP) is 3.39. The first-order valence-electron chi connectivity index (χ1n) is 9.22. The van der Waals surface area contributed by atoms with Gasteiger partial charge in [-0.05, 0) is 30.8 Å². The molecule has 2 aromatic rings. The normalized spacial score (nSPS) is 15.3. The summed E-state index contributed by atoms with van der Waals surface area (Å²) in [5, 5.41) is 5.97. The van der Waals surface area contributed by atoms with Crippen molar-refractivity contribution in [2.45, 2.75) is 13.8 Å². The molecule has 8 heteroatoms. The van der Waals surface area contributed by atoms with Crippen LogP contribution in [-0.4, -0.2) is 51.3 Å². The fourth-order valence-electron chi connectivity index (χ4n) is 2.83. The van der Waals surface area contributed by atoms with Crippen LogP contribution in [0.5, 0.6) is 0 Å². The summed E-state index contributed by atoms with van der Waals surface area (Å²) in [4.78, 5) is 23.8. The molecule has 0 saturated carbocycles. The van der Waals surface area contributed by atoms with Gasteiger partial charge in [-0.25, -0.2) is 4.98 Å². The Balaban J connectivity index is 1.73. The Hall–Kier alpha value is -2.29. The summed E-state index contributed by atoms with van der Waals surface area (Å²) < 4.78 is 0.488. The molecular formula is C20H23N5OS2. The Morgan fingerprint density at radius 1 is 1.29 bits per heavy atom. The lowest BCUT2D eigenvalue weighted by Gasteiger charge is -2.18. The van der Waals surface area contributed by atoms with Crippen LogP contribution in [-0.2, 0) is 4.79 Å². The number of thioether (sulfide) groups is 1. The average molecular weight is 414 g/mol. The first kappa shape index (κ1) is 20.4. The van der Waals surface area contributed by atoms with Crippen molar-refractivity contribution in [1.82, 2.24) is 20.2 Å². The Morgan fingerprint density at radius 2 is 2.11 bits per heavy atom. The molecule has 1 aromatic heterocycles. The van der Waals surface area contributed by atoms with Gasteiger partial charge in [0.25, 0.3) is 5.91 Å². The van der Waals surface area contributed by atoms with Gasteiger partial charge < -0.3 is 15.5 Å². The van der Waals surface area contributed by atoms with E-state index in [1.54, 1.807) is 12.4 Å². The molecule has 1 aromatic carbocycles. The number of likely N-dealkylation sites (N-methyl/N-ethyl adjacent to an activating group) is 1. The fraction of sp³-hybridized carbons (Fsp3) is 0.300. The summed E-state index contributed by atoms with van der Waals surface area (Å²) >= 11 is 6.31. The molecule has 0 aliphatic carbocycles. The maximum absolute atomic E-state index is 11.9. The molecule has 2 heterocycles. The molecule has 0 unspecified atom stereocenters. The van der Waals surface area contributed by atoms with Crippen molar-refractivity contribution in [2.75, 3.05) is 31.5 Å². The van der Waals surface area contributed by atoms with E-state index in [1.165, 1.54) is 11.8 Å². The molecule has 2 N–H and O–H groups in total. The van der Waals surface area contributed by atoms with E-state index in [9.17, 15) is 4.79 Å². The van der Waals surface area contributed by atoms with Crippen molar-refractivity contribution in [1.29, 1.82) is 0 Å². The van der Waals surface area contributed by atoms with E-state index in [2.05, 4.69) is 39.3 Å². The number of anilines is 1. The summed E-state index contributed by atoms with van der Waals surface area (Å²) in [6.45, 7) is 8.17. The van der Waals surface area contributed by atoms with E-state index in [4.69, 9.17) is 12.2 Å². The molecule has 1 fully saturated rings. The summed E-state index contributed by atoms with van der Waals surface area (Å²) in [7, 11) is 0. The minimum absolute atomic E-state index is 0.153. The van der Waals surface area contributed by atoms with Gasteiger partial charge >= 0.3 is 0 Å². The van der Waals surface area contributed by atoms with Crippen LogP contribution < -0.4 is 10.6 Å². The first-order chi connectivity index (χ1) is 13.6. The van der Waals surface area contributed by atoms with E-state index >= 15 is 0 Å². The zero-order chi connectivity index (χ0) is 19.9. The fourth-order valence-corrected chi connectivity index (χ4v) is 3.88. The van der Waals surface area contributed by atoms with Crippen LogP contribution in [0.1, 0.15) is 19.4 Å². The number of nitrogens with one attached hydrogen (secondary N) is 2. The maximum atomic E-state index is 11.9. The third kappa shape index (κ3) is 5.37. The summed E-state index contributed by atoms with van der Waals surface area (Å²) in [6, 6.07) is 7.87. The van der Waals surface area contributed by atoms with Crippen molar-refractivity contribution in [3.8, 4) is 11.3 Å². The number of benzene rings is 1. The highest BCUT2D eigenvalue weighted by Crippen LogP contribution is 2.27. The number of hydrogen-bond donors (Lipinski definition) is 2. The van der Waals surface area contributed by atoms with Crippen LogP contribution in [0.4, 0.5) is 5.82 Å². The van der Waals surface area contributed by atoms with Gasteiger partial charge in [0.2, 0.25) is 0 Å². The zero-order valence-electron chi connectivity index (χ0n) is 15.9. The van der Waals surface area contributed by atoms with Crippen LogP contribution in [0.2, 0.25) is 0 Å². The molecule has 0 bridgehead atoms. The first-order valence-corrected chi connectivity index (χ1v) is 10.4. The van der Waals surface area contributed by atoms with Crippen LogP contribution in [0.25, 0.3) is 17.3 Å². The predicted molar refractivity (Wildman–Crippen MR) is 120 cm³/mol. The second-order valence-corrected chi connectivity index (χ2v) is 7.94. The third-order valence-corrected chi connectivity index (χ3v) is 5.55. The van der Waals surface area contributed by atoms with Crippen molar-refractivity contribution in [2.24, 2.45) is 0 Å². The number of carbonyl (C=O) groups excluding carboxylic acids is 1. The Bertz CT molecular complexity index is 896. The number of nitrogens with zero attached hydrogens (tertiary/aromatic N) is 3. The number of rotatable bonds is 8. The third-order valence-electron chi connectivity index (χ3n) is 4.39. The van der Waals surface area contributed by atoms with Gasteiger partial charge in [-0.15, -0.1) is 0 Å².